The first kappa shape index (κ1) is 18.8. The van der Waals surface area contributed by atoms with E-state index >= 15 is 0 Å². The van der Waals surface area contributed by atoms with Gasteiger partial charge in [0, 0.05) is 26.5 Å². The third-order valence-corrected chi connectivity index (χ3v) is 6.16. The van der Waals surface area contributed by atoms with Crippen molar-refractivity contribution in [3.63, 3.8) is 0 Å². The number of fused-ring (bicyclic) bond motifs is 1. The Bertz CT molecular complexity index is 1140. The molecule has 5 heteroatoms. The lowest BCUT2D eigenvalue weighted by molar-refractivity contribution is 0.0960. The molecule has 3 nitrogen and oxygen atoms in total. The van der Waals surface area contributed by atoms with Crippen LogP contribution in [0.5, 0.6) is 0 Å². The first-order valence-electron chi connectivity index (χ1n) is 9.04. The van der Waals surface area contributed by atoms with Crippen molar-refractivity contribution in [3.05, 3.63) is 86.3 Å². The monoisotopic (exact) mass is 409 g/mol. The number of carbonyl (C=O) groups is 1. The number of halogens is 1. The van der Waals surface area contributed by atoms with Crippen LogP contribution in [0.25, 0.3) is 11.0 Å². The molecule has 4 rings (SSSR count). The van der Waals surface area contributed by atoms with Gasteiger partial charge in [0.1, 0.15) is 5.58 Å². The van der Waals surface area contributed by atoms with Crippen LogP contribution >= 0.6 is 22.9 Å². The Balaban J connectivity index is 1.79. The van der Waals surface area contributed by atoms with Crippen molar-refractivity contribution in [1.82, 2.24) is 0 Å². The van der Waals surface area contributed by atoms with Crippen LogP contribution in [0.2, 0.25) is 5.02 Å². The second-order valence-electron chi connectivity index (χ2n) is 6.96. The molecule has 0 aliphatic heterocycles. The van der Waals surface area contributed by atoms with Crippen molar-refractivity contribution in [1.29, 1.82) is 0 Å². The average molecular weight is 410 g/mol. The molecule has 1 amide bonds. The molecule has 0 saturated carbocycles. The molecule has 0 aliphatic carbocycles. The van der Waals surface area contributed by atoms with Crippen LogP contribution in [0, 0.1) is 20.8 Å². The van der Waals surface area contributed by atoms with Gasteiger partial charge in [-0.3, -0.25) is 4.79 Å². The number of amides is 1. The van der Waals surface area contributed by atoms with Gasteiger partial charge in [0.2, 0.25) is 0 Å². The number of thiophene rings is 1. The molecule has 0 bridgehead atoms. The van der Waals surface area contributed by atoms with Crippen molar-refractivity contribution in [2.24, 2.45) is 0 Å². The predicted molar refractivity (Wildman–Crippen MR) is 117 cm³/mol. The summed E-state index contributed by atoms with van der Waals surface area (Å²) >= 11 is 7.91. The van der Waals surface area contributed by atoms with Gasteiger partial charge < -0.3 is 9.32 Å². The number of nitrogens with zero attached hydrogens (tertiary/aromatic N) is 1. The van der Waals surface area contributed by atoms with Crippen LogP contribution in [-0.2, 0) is 6.54 Å². The van der Waals surface area contributed by atoms with E-state index in [-0.39, 0.29) is 5.91 Å². The lowest BCUT2D eigenvalue weighted by atomic mass is 10.1. The van der Waals surface area contributed by atoms with Gasteiger partial charge >= 0.3 is 0 Å². The average Bonchev–Trinajstić information content (AvgIpc) is 3.29. The topological polar surface area (TPSA) is 33.5 Å². The number of hydrogen-bond donors (Lipinski definition) is 0. The molecule has 0 N–H and O–H groups in total. The molecule has 4 aromatic rings. The first-order chi connectivity index (χ1) is 13.4. The van der Waals surface area contributed by atoms with Crippen molar-refractivity contribution in [2.75, 3.05) is 4.90 Å². The van der Waals surface area contributed by atoms with Crippen molar-refractivity contribution in [3.8, 4) is 0 Å². The summed E-state index contributed by atoms with van der Waals surface area (Å²) in [6.45, 7) is 6.36. The Hall–Kier alpha value is -2.56. The third kappa shape index (κ3) is 3.46. The molecule has 0 saturated heterocycles. The highest BCUT2D eigenvalue weighted by Crippen LogP contribution is 2.32. The van der Waals surface area contributed by atoms with Gasteiger partial charge in [-0.2, -0.15) is 0 Å². The number of hydrogen-bond acceptors (Lipinski definition) is 3. The smallest absolute Gasteiger partial charge is 0.294 e. The molecular formula is C23H20ClNO2S. The van der Waals surface area contributed by atoms with Crippen LogP contribution in [0.15, 0.2) is 58.3 Å². The Kier molecular flexibility index (Phi) is 5.00. The maximum Gasteiger partial charge on any atom is 0.294 e. The molecule has 0 unspecified atom stereocenters. The van der Waals surface area contributed by atoms with Crippen LogP contribution in [0.1, 0.15) is 32.1 Å². The van der Waals surface area contributed by atoms with Gasteiger partial charge in [0.05, 0.1) is 6.54 Å². The van der Waals surface area contributed by atoms with E-state index in [1.54, 1.807) is 16.2 Å². The lowest BCUT2D eigenvalue weighted by Crippen LogP contribution is -2.30. The van der Waals surface area contributed by atoms with Gasteiger partial charge in [-0.1, -0.05) is 35.4 Å². The standard InChI is InChI=1S/C23H20ClNO2S/c1-14-6-8-17(9-7-14)25(13-18-5-4-10-28-18)23(26)22-16(3)19-12-20(24)15(2)11-21(19)27-22/h4-12H,13H2,1-3H3. The fraction of sp³-hybridized carbons (Fsp3) is 0.174. The number of rotatable bonds is 4. The molecule has 2 aromatic carbocycles. The van der Waals surface area contributed by atoms with E-state index in [1.807, 2.05) is 74.7 Å². The van der Waals surface area contributed by atoms with E-state index in [9.17, 15) is 4.79 Å². The van der Waals surface area contributed by atoms with Crippen molar-refractivity contribution < 1.29 is 9.21 Å². The minimum Gasteiger partial charge on any atom is -0.451 e. The molecule has 0 radical (unpaired) electrons. The second kappa shape index (κ2) is 7.46. The first-order valence-corrected chi connectivity index (χ1v) is 10.3. The zero-order valence-electron chi connectivity index (χ0n) is 16.0. The van der Waals surface area contributed by atoms with Crippen LogP contribution < -0.4 is 4.90 Å². The summed E-state index contributed by atoms with van der Waals surface area (Å²) in [6.07, 6.45) is 0. The van der Waals surface area contributed by atoms with E-state index in [1.165, 1.54) is 0 Å². The van der Waals surface area contributed by atoms with Gasteiger partial charge in [-0.05, 0) is 62.0 Å². The quantitative estimate of drug-likeness (QED) is 0.366. The van der Waals surface area contributed by atoms with E-state index in [0.717, 1.165) is 32.6 Å². The van der Waals surface area contributed by atoms with E-state index < -0.39 is 0 Å². The van der Waals surface area contributed by atoms with Crippen LogP contribution in [0.3, 0.4) is 0 Å². The fourth-order valence-electron chi connectivity index (χ4n) is 3.23. The molecule has 0 aliphatic rings. The molecular weight excluding hydrogens is 390 g/mol. The predicted octanol–water partition coefficient (Wildman–Crippen LogP) is 6.92. The summed E-state index contributed by atoms with van der Waals surface area (Å²) in [6, 6.07) is 15.8. The normalized spacial score (nSPS) is 11.1. The number of furan rings is 1. The van der Waals surface area contributed by atoms with Crippen molar-refractivity contribution in [2.45, 2.75) is 27.3 Å². The minimum absolute atomic E-state index is 0.153. The van der Waals surface area contributed by atoms with E-state index in [2.05, 4.69) is 0 Å². The van der Waals surface area contributed by atoms with E-state index in [4.69, 9.17) is 16.0 Å². The molecule has 0 fully saturated rings. The van der Waals surface area contributed by atoms with E-state index in [0.29, 0.717) is 22.9 Å². The van der Waals surface area contributed by atoms with Gasteiger partial charge in [0.15, 0.2) is 5.76 Å². The summed E-state index contributed by atoms with van der Waals surface area (Å²) in [7, 11) is 0. The molecule has 0 spiro atoms. The number of benzene rings is 2. The van der Waals surface area contributed by atoms with Gasteiger partial charge in [-0.25, -0.2) is 0 Å². The summed E-state index contributed by atoms with van der Waals surface area (Å²) in [5.74, 6) is 0.202. The largest absolute Gasteiger partial charge is 0.451 e. The van der Waals surface area contributed by atoms with Crippen molar-refractivity contribution >= 4 is 45.5 Å². The Morgan fingerprint density at radius 3 is 2.54 bits per heavy atom. The van der Waals surface area contributed by atoms with Gasteiger partial charge in [0.25, 0.3) is 5.91 Å². The number of carbonyl (C=O) groups excluding carboxylic acids is 1. The number of aryl methyl sites for hydroxylation is 3. The summed E-state index contributed by atoms with van der Waals surface area (Å²) < 4.78 is 6.00. The van der Waals surface area contributed by atoms with Gasteiger partial charge in [-0.15, -0.1) is 11.3 Å². The zero-order valence-corrected chi connectivity index (χ0v) is 17.5. The summed E-state index contributed by atoms with van der Waals surface area (Å²) in [5.41, 5.74) is 4.42. The summed E-state index contributed by atoms with van der Waals surface area (Å²) in [4.78, 5) is 16.4. The molecule has 2 aromatic heterocycles. The molecule has 0 atom stereocenters. The van der Waals surface area contributed by atoms with Crippen LogP contribution in [0.4, 0.5) is 5.69 Å². The third-order valence-electron chi connectivity index (χ3n) is 4.90. The highest BCUT2D eigenvalue weighted by atomic mass is 35.5. The minimum atomic E-state index is -0.153. The second-order valence-corrected chi connectivity index (χ2v) is 8.40. The highest BCUT2D eigenvalue weighted by molar-refractivity contribution is 7.09. The van der Waals surface area contributed by atoms with Crippen LogP contribution in [-0.4, -0.2) is 5.91 Å². The fourth-order valence-corrected chi connectivity index (χ4v) is 4.09. The maximum absolute atomic E-state index is 13.5. The molecule has 142 valence electrons. The Morgan fingerprint density at radius 2 is 1.86 bits per heavy atom. The number of anilines is 1. The molecule has 28 heavy (non-hydrogen) atoms. The maximum atomic E-state index is 13.5. The highest BCUT2D eigenvalue weighted by Gasteiger charge is 2.25. The zero-order chi connectivity index (χ0) is 19.8. The Labute approximate surface area is 173 Å². The molecule has 2 heterocycles. The SMILES string of the molecule is Cc1ccc(N(Cc2cccs2)C(=O)c2oc3cc(C)c(Cl)cc3c2C)cc1. The summed E-state index contributed by atoms with van der Waals surface area (Å²) in [5, 5.41) is 3.56. The Morgan fingerprint density at radius 1 is 1.11 bits per heavy atom. The lowest BCUT2D eigenvalue weighted by Gasteiger charge is -2.22.